The van der Waals surface area contributed by atoms with Gasteiger partial charge in [0.2, 0.25) is 0 Å². The minimum Gasteiger partial charge on any atom is -0.321 e. The Morgan fingerprint density at radius 2 is 1.27 bits per heavy atom. The van der Waals surface area contributed by atoms with Crippen LogP contribution in [0.15, 0.2) is 121 Å². The molecule has 0 unspecified atom stereocenters. The van der Waals surface area contributed by atoms with Crippen molar-refractivity contribution in [2.75, 3.05) is 5.32 Å². The summed E-state index contributed by atoms with van der Waals surface area (Å²) in [6.07, 6.45) is 4.69. The van der Waals surface area contributed by atoms with Gasteiger partial charge in [0.15, 0.2) is 5.78 Å². The number of hydrogen-bond donors (Lipinski definition) is 2. The van der Waals surface area contributed by atoms with E-state index in [0.717, 1.165) is 5.56 Å². The first-order chi connectivity index (χ1) is 18.0. The predicted molar refractivity (Wildman–Crippen MR) is 143 cm³/mol. The third kappa shape index (κ3) is 7.19. The van der Waals surface area contributed by atoms with Gasteiger partial charge in [0.05, 0.1) is 0 Å². The van der Waals surface area contributed by atoms with Crippen molar-refractivity contribution in [1.29, 1.82) is 0 Å². The standard InChI is InChI=1S/C31H23FN2O3/c32-26-16-11-23(12-17-26)21-28(34-30(36)25-9-5-2-6-10-25)31(37)33-27-18-14-24(15-19-27)29(35)20-13-22-7-3-1-4-8-22/h1-21H,(H,33,37)(H,34,36)/b20-13+,28-21-. The summed E-state index contributed by atoms with van der Waals surface area (Å²) in [4.78, 5) is 38.3. The summed E-state index contributed by atoms with van der Waals surface area (Å²) in [6, 6.07) is 29.9. The minimum atomic E-state index is -0.573. The lowest BCUT2D eigenvalue weighted by atomic mass is 10.1. The van der Waals surface area contributed by atoms with Crippen LogP contribution in [-0.2, 0) is 4.79 Å². The third-order valence-electron chi connectivity index (χ3n) is 5.36. The van der Waals surface area contributed by atoms with E-state index in [1.165, 1.54) is 36.4 Å². The third-order valence-corrected chi connectivity index (χ3v) is 5.36. The molecule has 0 aliphatic heterocycles. The first-order valence-corrected chi connectivity index (χ1v) is 11.5. The van der Waals surface area contributed by atoms with Crippen LogP contribution in [0.25, 0.3) is 12.2 Å². The van der Waals surface area contributed by atoms with Gasteiger partial charge < -0.3 is 10.6 Å². The normalized spacial score (nSPS) is 11.2. The van der Waals surface area contributed by atoms with Crippen molar-refractivity contribution >= 4 is 35.4 Å². The van der Waals surface area contributed by atoms with Gasteiger partial charge in [0, 0.05) is 16.8 Å². The first kappa shape index (κ1) is 25.0. The highest BCUT2D eigenvalue weighted by atomic mass is 19.1. The van der Waals surface area contributed by atoms with E-state index < -0.39 is 17.6 Å². The zero-order chi connectivity index (χ0) is 26.0. The largest absolute Gasteiger partial charge is 0.321 e. The molecule has 0 aliphatic carbocycles. The van der Waals surface area contributed by atoms with Gasteiger partial charge in [-0.15, -0.1) is 0 Å². The van der Waals surface area contributed by atoms with Crippen LogP contribution in [0.5, 0.6) is 0 Å². The molecule has 2 N–H and O–H groups in total. The topological polar surface area (TPSA) is 75.3 Å². The average molecular weight is 491 g/mol. The Morgan fingerprint density at radius 3 is 1.92 bits per heavy atom. The number of hydrogen-bond acceptors (Lipinski definition) is 3. The highest BCUT2D eigenvalue weighted by Gasteiger charge is 2.15. The molecule has 6 heteroatoms. The Labute approximate surface area is 214 Å². The van der Waals surface area contributed by atoms with Crippen LogP contribution in [0, 0.1) is 5.82 Å². The Hall–Kier alpha value is -5.10. The molecule has 4 aromatic rings. The Kier molecular flexibility index (Phi) is 8.14. The second-order valence-electron chi connectivity index (χ2n) is 8.07. The highest BCUT2D eigenvalue weighted by Crippen LogP contribution is 2.14. The van der Waals surface area contributed by atoms with E-state index in [1.54, 1.807) is 60.7 Å². The molecule has 0 spiro atoms. The molecule has 0 saturated heterocycles. The van der Waals surface area contributed by atoms with Gasteiger partial charge in [-0.3, -0.25) is 14.4 Å². The molecule has 5 nitrogen and oxygen atoms in total. The van der Waals surface area contributed by atoms with Crippen LogP contribution in [0.4, 0.5) is 10.1 Å². The van der Waals surface area contributed by atoms with Gasteiger partial charge in [-0.05, 0) is 71.8 Å². The van der Waals surface area contributed by atoms with Crippen molar-refractivity contribution in [1.82, 2.24) is 5.32 Å². The molecule has 0 aromatic heterocycles. The maximum absolute atomic E-state index is 13.3. The van der Waals surface area contributed by atoms with Crippen molar-refractivity contribution < 1.29 is 18.8 Å². The van der Waals surface area contributed by atoms with Gasteiger partial charge in [-0.1, -0.05) is 66.7 Å². The molecular weight excluding hydrogens is 467 g/mol. The van der Waals surface area contributed by atoms with Crippen LogP contribution in [0.2, 0.25) is 0 Å². The monoisotopic (exact) mass is 490 g/mol. The zero-order valence-electron chi connectivity index (χ0n) is 19.7. The van der Waals surface area contributed by atoms with E-state index >= 15 is 0 Å². The summed E-state index contributed by atoms with van der Waals surface area (Å²) in [7, 11) is 0. The van der Waals surface area contributed by atoms with Gasteiger partial charge >= 0.3 is 0 Å². The van der Waals surface area contributed by atoms with Crippen molar-refractivity contribution in [2.45, 2.75) is 0 Å². The molecular formula is C31H23FN2O3. The average Bonchev–Trinajstić information content (AvgIpc) is 2.94. The van der Waals surface area contributed by atoms with E-state index in [9.17, 15) is 18.8 Å². The number of halogens is 1. The van der Waals surface area contributed by atoms with E-state index in [1.807, 2.05) is 30.3 Å². The minimum absolute atomic E-state index is 0.0218. The number of anilines is 1. The Bertz CT molecular complexity index is 1440. The lowest BCUT2D eigenvalue weighted by Crippen LogP contribution is -2.30. The van der Waals surface area contributed by atoms with Crippen LogP contribution in [-0.4, -0.2) is 17.6 Å². The number of rotatable bonds is 8. The van der Waals surface area contributed by atoms with Crippen LogP contribution < -0.4 is 10.6 Å². The van der Waals surface area contributed by atoms with Gasteiger partial charge in [0.25, 0.3) is 11.8 Å². The maximum Gasteiger partial charge on any atom is 0.272 e. The van der Waals surface area contributed by atoms with Crippen LogP contribution >= 0.6 is 0 Å². The van der Waals surface area contributed by atoms with Gasteiger partial charge in [0.1, 0.15) is 11.5 Å². The number of carbonyl (C=O) groups is 3. The number of benzene rings is 4. The van der Waals surface area contributed by atoms with Gasteiger partial charge in [-0.2, -0.15) is 0 Å². The zero-order valence-corrected chi connectivity index (χ0v) is 19.7. The molecule has 0 aliphatic rings. The fraction of sp³-hybridized carbons (Fsp3) is 0. The molecule has 37 heavy (non-hydrogen) atoms. The predicted octanol–water partition coefficient (Wildman–Crippen LogP) is 6.13. The second kappa shape index (κ2) is 12.0. The lowest BCUT2D eigenvalue weighted by Gasteiger charge is -2.12. The lowest BCUT2D eigenvalue weighted by molar-refractivity contribution is -0.113. The smallest absolute Gasteiger partial charge is 0.272 e. The quantitative estimate of drug-likeness (QED) is 0.230. The summed E-state index contributed by atoms with van der Waals surface area (Å²) >= 11 is 0. The number of allylic oxidation sites excluding steroid dienone is 1. The second-order valence-corrected chi connectivity index (χ2v) is 8.07. The van der Waals surface area contributed by atoms with Crippen molar-refractivity contribution in [3.05, 3.63) is 149 Å². The van der Waals surface area contributed by atoms with Crippen molar-refractivity contribution in [3.63, 3.8) is 0 Å². The Morgan fingerprint density at radius 1 is 0.649 bits per heavy atom. The van der Waals surface area contributed by atoms with Crippen molar-refractivity contribution in [3.8, 4) is 0 Å². The molecule has 4 aromatic carbocycles. The highest BCUT2D eigenvalue weighted by molar-refractivity contribution is 6.11. The fourth-order valence-electron chi connectivity index (χ4n) is 3.42. The van der Waals surface area contributed by atoms with E-state index in [-0.39, 0.29) is 11.5 Å². The Balaban J connectivity index is 1.49. The van der Waals surface area contributed by atoms with E-state index in [4.69, 9.17) is 0 Å². The molecule has 4 rings (SSSR count). The first-order valence-electron chi connectivity index (χ1n) is 11.5. The molecule has 2 amide bonds. The molecule has 182 valence electrons. The van der Waals surface area contributed by atoms with Gasteiger partial charge in [-0.25, -0.2) is 4.39 Å². The summed E-state index contributed by atoms with van der Waals surface area (Å²) in [6.45, 7) is 0. The van der Waals surface area contributed by atoms with E-state index in [2.05, 4.69) is 10.6 Å². The molecule has 0 radical (unpaired) electrons. The van der Waals surface area contributed by atoms with E-state index in [0.29, 0.717) is 22.4 Å². The summed E-state index contributed by atoms with van der Waals surface area (Å²) < 4.78 is 13.3. The molecule has 0 heterocycles. The van der Waals surface area contributed by atoms with Crippen LogP contribution in [0.3, 0.4) is 0 Å². The fourth-order valence-corrected chi connectivity index (χ4v) is 3.42. The van der Waals surface area contributed by atoms with Crippen LogP contribution in [0.1, 0.15) is 31.8 Å². The number of ketones is 1. The molecule has 0 fully saturated rings. The summed E-state index contributed by atoms with van der Waals surface area (Å²) in [5.74, 6) is -1.62. The number of nitrogens with one attached hydrogen (secondary N) is 2. The number of amides is 2. The SMILES string of the molecule is O=C(Nc1ccc(C(=O)/C=C/c2ccccc2)cc1)/C(=C/c1ccc(F)cc1)NC(=O)c1ccccc1. The molecule has 0 atom stereocenters. The van der Waals surface area contributed by atoms with Crippen molar-refractivity contribution in [2.24, 2.45) is 0 Å². The molecule has 0 saturated carbocycles. The molecule has 0 bridgehead atoms. The number of carbonyl (C=O) groups excluding carboxylic acids is 3. The maximum atomic E-state index is 13.3. The summed E-state index contributed by atoms with van der Waals surface area (Å²) in [5, 5.41) is 5.36. The summed E-state index contributed by atoms with van der Waals surface area (Å²) in [5.41, 5.74) is 2.71.